The maximum Gasteiger partial charge on any atom is 0.0951 e. The van der Waals surface area contributed by atoms with Crippen molar-refractivity contribution in [2.45, 2.75) is 32.2 Å². The van der Waals surface area contributed by atoms with Crippen molar-refractivity contribution < 1.29 is 0 Å². The second-order valence-corrected chi connectivity index (χ2v) is 6.00. The largest absolute Gasteiger partial charge is 0.329 e. The van der Waals surface area contributed by atoms with Crippen LogP contribution in [0.1, 0.15) is 34.9 Å². The van der Waals surface area contributed by atoms with E-state index in [9.17, 15) is 0 Å². The molecule has 1 fully saturated rings. The number of aromatic nitrogens is 2. The molecule has 0 bridgehead atoms. The Morgan fingerprint density at radius 2 is 2.28 bits per heavy atom. The number of aryl methyl sites for hydroxylation is 1. The van der Waals surface area contributed by atoms with Crippen molar-refractivity contribution in [1.82, 2.24) is 14.9 Å². The lowest BCUT2D eigenvalue weighted by molar-refractivity contribution is 0.442. The van der Waals surface area contributed by atoms with E-state index in [2.05, 4.69) is 39.4 Å². The van der Waals surface area contributed by atoms with Gasteiger partial charge in [0.05, 0.1) is 12.9 Å². The third kappa shape index (κ3) is 2.35. The zero-order valence-corrected chi connectivity index (χ0v) is 11.5. The predicted octanol–water partition coefficient (Wildman–Crippen LogP) is 2.77. The van der Waals surface area contributed by atoms with Gasteiger partial charge in [0.1, 0.15) is 0 Å². The molecule has 1 saturated heterocycles. The van der Waals surface area contributed by atoms with E-state index in [0.29, 0.717) is 5.92 Å². The minimum Gasteiger partial charge on any atom is -0.329 e. The first kappa shape index (κ1) is 11.9. The van der Waals surface area contributed by atoms with Gasteiger partial charge in [-0.15, -0.1) is 11.3 Å². The van der Waals surface area contributed by atoms with Crippen LogP contribution in [0.4, 0.5) is 0 Å². The lowest BCUT2D eigenvalue weighted by Gasteiger charge is -2.23. The van der Waals surface area contributed by atoms with Gasteiger partial charge in [0.2, 0.25) is 0 Å². The molecule has 0 aromatic carbocycles. The number of hydrogen-bond donors (Lipinski definition) is 1. The number of thiophene rings is 1. The fourth-order valence-electron chi connectivity index (χ4n) is 2.64. The SMILES string of the molecule is Cc1ccsc1Cn1cncc1C1CCNCC1. The zero-order valence-electron chi connectivity index (χ0n) is 10.7. The number of nitrogens with one attached hydrogen (secondary N) is 1. The van der Waals surface area contributed by atoms with Crippen LogP contribution in [0, 0.1) is 6.92 Å². The molecule has 18 heavy (non-hydrogen) atoms. The molecular weight excluding hydrogens is 242 g/mol. The van der Waals surface area contributed by atoms with E-state index in [1.165, 1.54) is 29.0 Å². The molecule has 1 aliphatic heterocycles. The second-order valence-electron chi connectivity index (χ2n) is 5.00. The van der Waals surface area contributed by atoms with E-state index in [1.54, 1.807) is 0 Å². The topological polar surface area (TPSA) is 29.9 Å². The highest BCUT2D eigenvalue weighted by molar-refractivity contribution is 7.10. The Bertz CT molecular complexity index is 509. The Morgan fingerprint density at radius 1 is 1.44 bits per heavy atom. The number of nitrogens with zero attached hydrogens (tertiary/aromatic N) is 2. The molecule has 1 N–H and O–H groups in total. The summed E-state index contributed by atoms with van der Waals surface area (Å²) in [6.07, 6.45) is 6.50. The van der Waals surface area contributed by atoms with Gasteiger partial charge < -0.3 is 9.88 Å². The van der Waals surface area contributed by atoms with Crippen LogP contribution in [0.15, 0.2) is 24.0 Å². The summed E-state index contributed by atoms with van der Waals surface area (Å²) < 4.78 is 2.33. The summed E-state index contributed by atoms with van der Waals surface area (Å²) >= 11 is 1.84. The van der Waals surface area contributed by atoms with E-state index in [4.69, 9.17) is 0 Å². The van der Waals surface area contributed by atoms with Crippen LogP contribution in [0.2, 0.25) is 0 Å². The first-order valence-corrected chi connectivity index (χ1v) is 7.46. The number of imidazole rings is 1. The van der Waals surface area contributed by atoms with Crippen LogP contribution < -0.4 is 5.32 Å². The average Bonchev–Trinajstić information content (AvgIpc) is 3.01. The minimum atomic E-state index is 0.675. The van der Waals surface area contributed by atoms with Gasteiger partial charge in [-0.2, -0.15) is 0 Å². The average molecular weight is 261 g/mol. The van der Waals surface area contributed by atoms with Crippen LogP contribution in [0.5, 0.6) is 0 Å². The van der Waals surface area contributed by atoms with Gasteiger partial charge in [-0.05, 0) is 49.9 Å². The van der Waals surface area contributed by atoms with E-state index < -0.39 is 0 Å². The summed E-state index contributed by atoms with van der Waals surface area (Å²) in [7, 11) is 0. The number of rotatable bonds is 3. The Hall–Kier alpha value is -1.13. The van der Waals surface area contributed by atoms with Crippen molar-refractivity contribution in [1.29, 1.82) is 0 Å². The summed E-state index contributed by atoms with van der Waals surface area (Å²) in [6, 6.07) is 2.20. The Morgan fingerprint density at radius 3 is 3.00 bits per heavy atom. The minimum absolute atomic E-state index is 0.675. The van der Waals surface area contributed by atoms with E-state index in [-0.39, 0.29) is 0 Å². The molecule has 0 aliphatic carbocycles. The Balaban J connectivity index is 1.80. The highest BCUT2D eigenvalue weighted by Crippen LogP contribution is 2.26. The molecular formula is C14H19N3S. The van der Waals surface area contributed by atoms with Gasteiger partial charge >= 0.3 is 0 Å². The number of hydrogen-bond acceptors (Lipinski definition) is 3. The van der Waals surface area contributed by atoms with Crippen LogP contribution in [0.25, 0.3) is 0 Å². The van der Waals surface area contributed by atoms with Crippen LogP contribution in [-0.2, 0) is 6.54 Å². The zero-order chi connectivity index (χ0) is 12.4. The van der Waals surface area contributed by atoms with E-state index in [1.807, 2.05) is 17.7 Å². The normalized spacial score (nSPS) is 17.2. The van der Waals surface area contributed by atoms with Crippen molar-refractivity contribution in [3.63, 3.8) is 0 Å². The van der Waals surface area contributed by atoms with Crippen LogP contribution >= 0.6 is 11.3 Å². The molecule has 0 spiro atoms. The molecule has 2 aromatic rings. The smallest absolute Gasteiger partial charge is 0.0951 e. The molecule has 2 aromatic heterocycles. The Labute approximate surface area is 112 Å². The van der Waals surface area contributed by atoms with E-state index in [0.717, 1.165) is 19.6 Å². The van der Waals surface area contributed by atoms with Crippen LogP contribution in [-0.4, -0.2) is 22.6 Å². The van der Waals surface area contributed by atoms with Gasteiger partial charge in [0.25, 0.3) is 0 Å². The van der Waals surface area contributed by atoms with Gasteiger partial charge in [-0.25, -0.2) is 4.98 Å². The lowest BCUT2D eigenvalue weighted by Crippen LogP contribution is -2.27. The summed E-state index contributed by atoms with van der Waals surface area (Å²) in [5.41, 5.74) is 2.80. The van der Waals surface area contributed by atoms with Gasteiger partial charge in [0.15, 0.2) is 0 Å². The summed E-state index contributed by atoms with van der Waals surface area (Å²) in [4.78, 5) is 5.80. The van der Waals surface area contributed by atoms with Gasteiger partial charge in [-0.3, -0.25) is 0 Å². The molecule has 0 radical (unpaired) electrons. The predicted molar refractivity (Wildman–Crippen MR) is 75.2 cm³/mol. The van der Waals surface area contributed by atoms with Crippen molar-refractivity contribution in [2.24, 2.45) is 0 Å². The molecule has 3 heterocycles. The van der Waals surface area contributed by atoms with Gasteiger partial charge in [0, 0.05) is 22.7 Å². The summed E-state index contributed by atoms with van der Waals surface area (Å²) in [5.74, 6) is 0.675. The fourth-order valence-corrected chi connectivity index (χ4v) is 3.55. The van der Waals surface area contributed by atoms with Crippen molar-refractivity contribution in [3.05, 3.63) is 40.1 Å². The third-order valence-corrected chi connectivity index (χ3v) is 4.79. The quantitative estimate of drug-likeness (QED) is 0.920. The molecule has 0 unspecified atom stereocenters. The van der Waals surface area contributed by atoms with Crippen molar-refractivity contribution in [2.75, 3.05) is 13.1 Å². The first-order valence-electron chi connectivity index (χ1n) is 6.58. The maximum atomic E-state index is 4.35. The lowest BCUT2D eigenvalue weighted by atomic mass is 9.95. The highest BCUT2D eigenvalue weighted by atomic mass is 32.1. The summed E-state index contributed by atoms with van der Waals surface area (Å²) in [6.45, 7) is 5.43. The third-order valence-electron chi connectivity index (χ3n) is 3.78. The molecule has 3 rings (SSSR count). The van der Waals surface area contributed by atoms with Crippen LogP contribution in [0.3, 0.4) is 0 Å². The monoisotopic (exact) mass is 261 g/mol. The summed E-state index contributed by atoms with van der Waals surface area (Å²) in [5, 5.41) is 5.60. The Kier molecular flexibility index (Phi) is 3.48. The van der Waals surface area contributed by atoms with E-state index >= 15 is 0 Å². The maximum absolute atomic E-state index is 4.35. The van der Waals surface area contributed by atoms with Crippen molar-refractivity contribution >= 4 is 11.3 Å². The molecule has 1 aliphatic rings. The fraction of sp³-hybridized carbons (Fsp3) is 0.500. The molecule has 3 nitrogen and oxygen atoms in total. The molecule has 96 valence electrons. The molecule has 0 saturated carbocycles. The first-order chi connectivity index (χ1) is 8.84. The van der Waals surface area contributed by atoms with Crippen molar-refractivity contribution in [3.8, 4) is 0 Å². The highest BCUT2D eigenvalue weighted by Gasteiger charge is 2.19. The molecule has 4 heteroatoms. The molecule has 0 atom stereocenters. The standard InChI is InChI=1S/C14H19N3S/c1-11-4-7-18-14(11)9-17-10-16-8-13(17)12-2-5-15-6-3-12/h4,7-8,10,12,15H,2-3,5-6,9H2,1H3. The second kappa shape index (κ2) is 5.24. The number of piperidine rings is 1. The van der Waals surface area contributed by atoms with Gasteiger partial charge in [-0.1, -0.05) is 0 Å². The molecule has 0 amide bonds.